The molecule has 6 nitrogen and oxygen atoms in total. The van der Waals surface area contributed by atoms with Crippen molar-refractivity contribution in [2.75, 3.05) is 34.4 Å². The predicted molar refractivity (Wildman–Crippen MR) is 150 cm³/mol. The summed E-state index contributed by atoms with van der Waals surface area (Å²) in [5.41, 5.74) is 3.33. The number of fused-ring (bicyclic) bond motifs is 5. The average molecular weight is 537 g/mol. The van der Waals surface area contributed by atoms with Crippen LogP contribution >= 0.6 is 0 Å². The van der Waals surface area contributed by atoms with E-state index in [1.165, 1.54) is 11.1 Å². The Balaban J connectivity index is 1.32. The van der Waals surface area contributed by atoms with Gasteiger partial charge in [-0.15, -0.1) is 0 Å². The van der Waals surface area contributed by atoms with Gasteiger partial charge in [0.25, 0.3) is 0 Å². The molecule has 0 aliphatic heterocycles. The Hall–Kier alpha value is -2.25. The SMILES string of the molecule is COCOc1ccc2c(c1)C(=O)[C@@H](CCCCOCc1ccccc1)C1C2CCC2(C)C(OCOC)CCC12. The van der Waals surface area contributed by atoms with Crippen molar-refractivity contribution in [3.05, 3.63) is 65.2 Å². The van der Waals surface area contributed by atoms with Gasteiger partial charge in [0.1, 0.15) is 12.5 Å². The zero-order valence-corrected chi connectivity index (χ0v) is 23.7. The number of unbranched alkanes of at least 4 members (excludes halogenated alkanes) is 1. The summed E-state index contributed by atoms with van der Waals surface area (Å²) >= 11 is 0. The zero-order valence-electron chi connectivity index (χ0n) is 23.7. The Morgan fingerprint density at radius 1 is 0.949 bits per heavy atom. The topological polar surface area (TPSA) is 63.2 Å². The molecular formula is C33H44O6. The average Bonchev–Trinajstić information content (AvgIpc) is 3.30. The number of ketones is 1. The highest BCUT2D eigenvalue weighted by Gasteiger charge is 2.58. The lowest BCUT2D eigenvalue weighted by molar-refractivity contribution is -0.127. The standard InChI is InChI=1S/C33H44O6/c1-33-17-16-26-25-13-12-24(38-21-35-2)19-28(25)32(34)27(31(26)29(33)14-15-30(33)39-22-36-3)11-7-8-18-37-20-23-9-5-4-6-10-23/h4-6,9-10,12-13,19,26-27,29-31H,7-8,11,14-18,20-22H2,1-3H3/t26?,27-,29?,30?,31?,33?/m0/s1. The maximum Gasteiger partial charge on any atom is 0.188 e. The largest absolute Gasteiger partial charge is 0.468 e. The van der Waals surface area contributed by atoms with E-state index < -0.39 is 0 Å². The van der Waals surface area contributed by atoms with Gasteiger partial charge in [-0.3, -0.25) is 4.79 Å². The first kappa shape index (κ1) is 28.3. The molecule has 5 unspecified atom stereocenters. The third kappa shape index (κ3) is 5.95. The van der Waals surface area contributed by atoms with Crippen molar-refractivity contribution in [1.29, 1.82) is 0 Å². The fourth-order valence-electron chi connectivity index (χ4n) is 7.81. The van der Waals surface area contributed by atoms with E-state index >= 15 is 0 Å². The molecule has 0 saturated heterocycles. The fourth-order valence-corrected chi connectivity index (χ4v) is 7.81. The van der Waals surface area contributed by atoms with Gasteiger partial charge in [0, 0.05) is 32.3 Å². The summed E-state index contributed by atoms with van der Waals surface area (Å²) in [5.74, 6) is 2.21. The van der Waals surface area contributed by atoms with E-state index in [-0.39, 0.29) is 30.0 Å². The van der Waals surface area contributed by atoms with E-state index in [9.17, 15) is 4.79 Å². The molecular weight excluding hydrogens is 492 g/mol. The monoisotopic (exact) mass is 536 g/mol. The molecule has 0 amide bonds. The Labute approximate surface area is 233 Å². The van der Waals surface area contributed by atoms with Gasteiger partial charge in [0.15, 0.2) is 12.6 Å². The van der Waals surface area contributed by atoms with E-state index in [0.29, 0.717) is 43.5 Å². The summed E-state index contributed by atoms with van der Waals surface area (Å²) in [6.45, 7) is 4.25. The van der Waals surface area contributed by atoms with E-state index in [1.54, 1.807) is 14.2 Å². The smallest absolute Gasteiger partial charge is 0.188 e. The Morgan fingerprint density at radius 3 is 2.56 bits per heavy atom. The number of hydrogen-bond donors (Lipinski definition) is 0. The lowest BCUT2D eigenvalue weighted by Gasteiger charge is -2.53. The van der Waals surface area contributed by atoms with Crippen LogP contribution in [0.25, 0.3) is 0 Å². The molecule has 0 spiro atoms. The minimum Gasteiger partial charge on any atom is -0.468 e. The molecule has 2 saturated carbocycles. The summed E-state index contributed by atoms with van der Waals surface area (Å²) in [6, 6.07) is 16.4. The van der Waals surface area contributed by atoms with Crippen LogP contribution in [0.3, 0.4) is 0 Å². The van der Waals surface area contributed by atoms with Gasteiger partial charge < -0.3 is 23.7 Å². The molecule has 0 radical (unpaired) electrons. The van der Waals surface area contributed by atoms with E-state index in [4.69, 9.17) is 23.7 Å². The lowest BCUT2D eigenvalue weighted by atomic mass is 9.51. The second-order valence-electron chi connectivity index (χ2n) is 11.8. The maximum absolute atomic E-state index is 14.2. The normalized spacial score (nSPS) is 29.5. The summed E-state index contributed by atoms with van der Waals surface area (Å²) in [4.78, 5) is 14.2. The highest BCUT2D eigenvalue weighted by atomic mass is 16.7. The molecule has 39 heavy (non-hydrogen) atoms. The first-order valence-corrected chi connectivity index (χ1v) is 14.6. The van der Waals surface area contributed by atoms with Gasteiger partial charge in [-0.25, -0.2) is 0 Å². The van der Waals surface area contributed by atoms with Crippen molar-refractivity contribution in [1.82, 2.24) is 0 Å². The van der Waals surface area contributed by atoms with Crippen LogP contribution in [-0.2, 0) is 25.6 Å². The molecule has 2 fully saturated rings. The molecule has 6 atom stereocenters. The van der Waals surface area contributed by atoms with Crippen LogP contribution in [0.1, 0.15) is 79.3 Å². The fraction of sp³-hybridized carbons (Fsp3) is 0.606. The van der Waals surface area contributed by atoms with Crippen LogP contribution in [-0.4, -0.2) is 46.3 Å². The molecule has 3 aliphatic carbocycles. The molecule has 5 rings (SSSR count). The van der Waals surface area contributed by atoms with E-state index in [0.717, 1.165) is 50.5 Å². The Morgan fingerprint density at radius 2 is 1.77 bits per heavy atom. The zero-order chi connectivity index (χ0) is 27.2. The number of carbonyl (C=O) groups excluding carboxylic acids is 1. The number of methoxy groups -OCH3 is 2. The summed E-state index contributed by atoms with van der Waals surface area (Å²) in [5, 5.41) is 0. The Bertz CT molecular complexity index is 1090. The summed E-state index contributed by atoms with van der Waals surface area (Å²) in [6.07, 6.45) is 7.38. The van der Waals surface area contributed by atoms with Gasteiger partial charge in [0.2, 0.25) is 0 Å². The van der Waals surface area contributed by atoms with Crippen LogP contribution in [0.4, 0.5) is 0 Å². The van der Waals surface area contributed by atoms with Crippen molar-refractivity contribution in [3.63, 3.8) is 0 Å². The van der Waals surface area contributed by atoms with Crippen molar-refractivity contribution in [3.8, 4) is 5.75 Å². The van der Waals surface area contributed by atoms with E-state index in [1.807, 2.05) is 30.3 Å². The van der Waals surface area contributed by atoms with E-state index in [2.05, 4.69) is 25.1 Å². The van der Waals surface area contributed by atoms with Crippen molar-refractivity contribution in [2.45, 2.75) is 70.5 Å². The molecule has 0 bridgehead atoms. The third-order valence-electron chi connectivity index (χ3n) is 9.63. The van der Waals surface area contributed by atoms with Gasteiger partial charge in [-0.05, 0) is 85.0 Å². The molecule has 6 heteroatoms. The number of rotatable bonds is 13. The molecule has 2 aromatic carbocycles. The lowest BCUT2D eigenvalue weighted by Crippen LogP contribution is -2.49. The molecule has 212 valence electrons. The van der Waals surface area contributed by atoms with Gasteiger partial charge >= 0.3 is 0 Å². The second kappa shape index (κ2) is 12.9. The number of hydrogen-bond acceptors (Lipinski definition) is 6. The molecule has 2 aromatic rings. The highest BCUT2D eigenvalue weighted by Crippen LogP contribution is 2.63. The number of carbonyl (C=O) groups is 1. The number of ether oxygens (including phenoxy) is 5. The van der Waals surface area contributed by atoms with Gasteiger partial charge in [-0.1, -0.05) is 49.7 Å². The number of benzene rings is 2. The molecule has 0 heterocycles. The summed E-state index contributed by atoms with van der Waals surface area (Å²) in [7, 11) is 3.30. The van der Waals surface area contributed by atoms with Crippen molar-refractivity contribution < 1.29 is 28.5 Å². The van der Waals surface area contributed by atoms with Crippen LogP contribution < -0.4 is 4.74 Å². The Kier molecular flexibility index (Phi) is 9.39. The number of Topliss-reactive ketones (excluding diaryl/α,β-unsaturated/α-hetero) is 1. The van der Waals surface area contributed by atoms with Crippen molar-refractivity contribution in [2.24, 2.45) is 23.2 Å². The van der Waals surface area contributed by atoms with Crippen LogP contribution in [0, 0.1) is 23.2 Å². The molecule has 0 aromatic heterocycles. The maximum atomic E-state index is 14.2. The van der Waals surface area contributed by atoms with Gasteiger partial charge in [0.05, 0.1) is 12.7 Å². The first-order chi connectivity index (χ1) is 19.1. The molecule has 3 aliphatic rings. The quantitative estimate of drug-likeness (QED) is 0.208. The van der Waals surface area contributed by atoms with Crippen LogP contribution in [0.15, 0.2) is 48.5 Å². The predicted octanol–water partition coefficient (Wildman–Crippen LogP) is 6.77. The van der Waals surface area contributed by atoms with Gasteiger partial charge in [-0.2, -0.15) is 0 Å². The third-order valence-corrected chi connectivity index (χ3v) is 9.63. The van der Waals surface area contributed by atoms with Crippen LogP contribution in [0.5, 0.6) is 5.75 Å². The minimum absolute atomic E-state index is 0.0140. The highest BCUT2D eigenvalue weighted by molar-refractivity contribution is 6.01. The van der Waals surface area contributed by atoms with Crippen LogP contribution in [0.2, 0.25) is 0 Å². The minimum atomic E-state index is 0.0140. The second-order valence-corrected chi connectivity index (χ2v) is 11.8. The first-order valence-electron chi connectivity index (χ1n) is 14.6. The summed E-state index contributed by atoms with van der Waals surface area (Å²) < 4.78 is 28.2. The molecule has 0 N–H and O–H groups in total. The van der Waals surface area contributed by atoms with Crippen molar-refractivity contribution >= 4 is 5.78 Å².